The Morgan fingerprint density at radius 3 is 2.56 bits per heavy atom. The van der Waals surface area contributed by atoms with Crippen molar-refractivity contribution in [2.75, 3.05) is 13.1 Å². The molecule has 1 heterocycles. The number of carboxylic acids is 1. The van der Waals surface area contributed by atoms with Gasteiger partial charge in [-0.1, -0.05) is 48.0 Å². The van der Waals surface area contributed by atoms with Crippen molar-refractivity contribution in [1.29, 1.82) is 0 Å². The summed E-state index contributed by atoms with van der Waals surface area (Å²) in [6.45, 7) is 1.89. The van der Waals surface area contributed by atoms with Crippen LogP contribution in [0.5, 0.6) is 5.75 Å². The summed E-state index contributed by atoms with van der Waals surface area (Å²) in [5.41, 5.74) is 2.61. The highest BCUT2D eigenvalue weighted by molar-refractivity contribution is 6.30. The second kappa shape index (κ2) is 9.85. The molecule has 1 N–H and O–H groups in total. The third-order valence-corrected chi connectivity index (χ3v) is 6.21. The summed E-state index contributed by atoms with van der Waals surface area (Å²) in [4.78, 5) is 25.9. The number of rotatable bonds is 8. The van der Waals surface area contributed by atoms with Crippen molar-refractivity contribution in [2.45, 2.75) is 31.8 Å². The summed E-state index contributed by atoms with van der Waals surface area (Å²) < 4.78 is 19.7. The Bertz CT molecular complexity index is 1220. The summed E-state index contributed by atoms with van der Waals surface area (Å²) >= 11 is 5.92. The SMILES string of the molecule is C[C@@]1(Cc2ccc(F)c(Cl)c2)Cc2cc(C(=O)N(CCc3ccccc3)CC(=O)O)ccc2O1. The van der Waals surface area contributed by atoms with Crippen LogP contribution in [-0.4, -0.2) is 40.6 Å². The van der Waals surface area contributed by atoms with Crippen molar-refractivity contribution in [3.63, 3.8) is 0 Å². The summed E-state index contributed by atoms with van der Waals surface area (Å²) in [6.07, 6.45) is 1.64. The number of carboxylic acid groups (broad SMARTS) is 1. The van der Waals surface area contributed by atoms with Crippen LogP contribution in [0.2, 0.25) is 5.02 Å². The van der Waals surface area contributed by atoms with Crippen LogP contribution in [0.3, 0.4) is 0 Å². The summed E-state index contributed by atoms with van der Waals surface area (Å²) in [5.74, 6) is -1.18. The lowest BCUT2D eigenvalue weighted by atomic mass is 9.91. The number of ether oxygens (including phenoxy) is 1. The van der Waals surface area contributed by atoms with E-state index in [9.17, 15) is 19.1 Å². The number of aliphatic carboxylic acids is 1. The van der Waals surface area contributed by atoms with Crippen molar-refractivity contribution in [3.8, 4) is 5.75 Å². The maximum Gasteiger partial charge on any atom is 0.323 e. The molecule has 0 fully saturated rings. The number of hydrogen-bond acceptors (Lipinski definition) is 3. The Labute approximate surface area is 202 Å². The zero-order chi connectivity index (χ0) is 24.3. The van der Waals surface area contributed by atoms with Crippen LogP contribution in [0.15, 0.2) is 66.7 Å². The van der Waals surface area contributed by atoms with Gasteiger partial charge in [-0.25, -0.2) is 4.39 Å². The molecule has 4 rings (SSSR count). The number of hydrogen-bond donors (Lipinski definition) is 1. The average Bonchev–Trinajstić information content (AvgIpc) is 3.14. The van der Waals surface area contributed by atoms with Gasteiger partial charge in [-0.05, 0) is 60.4 Å². The molecule has 0 aromatic heterocycles. The molecule has 7 heteroatoms. The maximum absolute atomic E-state index is 13.5. The lowest BCUT2D eigenvalue weighted by Crippen LogP contribution is -2.37. The fourth-order valence-electron chi connectivity index (χ4n) is 4.34. The first-order valence-corrected chi connectivity index (χ1v) is 11.4. The van der Waals surface area contributed by atoms with Gasteiger partial charge in [0.25, 0.3) is 5.91 Å². The van der Waals surface area contributed by atoms with Gasteiger partial charge in [0.05, 0.1) is 5.02 Å². The van der Waals surface area contributed by atoms with Gasteiger partial charge in [-0.2, -0.15) is 0 Å². The van der Waals surface area contributed by atoms with Gasteiger partial charge in [-0.3, -0.25) is 9.59 Å². The van der Waals surface area contributed by atoms with Gasteiger partial charge in [0.15, 0.2) is 0 Å². The molecule has 0 saturated carbocycles. The van der Waals surface area contributed by atoms with Crippen LogP contribution in [0.4, 0.5) is 4.39 Å². The normalized spacial score (nSPS) is 16.6. The molecule has 0 bridgehead atoms. The Morgan fingerprint density at radius 2 is 1.85 bits per heavy atom. The molecule has 34 heavy (non-hydrogen) atoms. The Kier molecular flexibility index (Phi) is 6.89. The number of fused-ring (bicyclic) bond motifs is 1. The van der Waals surface area contributed by atoms with E-state index >= 15 is 0 Å². The van der Waals surface area contributed by atoms with E-state index in [0.29, 0.717) is 37.1 Å². The van der Waals surface area contributed by atoms with Gasteiger partial charge in [0.2, 0.25) is 0 Å². The molecule has 0 saturated heterocycles. The Hall–Kier alpha value is -3.38. The molecule has 1 atom stereocenters. The van der Waals surface area contributed by atoms with Crippen molar-refractivity contribution in [1.82, 2.24) is 4.90 Å². The van der Waals surface area contributed by atoms with Crippen molar-refractivity contribution < 1.29 is 23.8 Å². The second-order valence-electron chi connectivity index (χ2n) is 8.83. The van der Waals surface area contributed by atoms with E-state index in [1.54, 1.807) is 30.3 Å². The minimum atomic E-state index is -1.06. The zero-order valence-electron chi connectivity index (χ0n) is 18.8. The molecule has 1 aliphatic rings. The van der Waals surface area contributed by atoms with Crippen molar-refractivity contribution in [3.05, 3.63) is 99.8 Å². The molecule has 0 spiro atoms. The number of amides is 1. The Morgan fingerprint density at radius 1 is 1.09 bits per heavy atom. The number of nitrogens with zero attached hydrogens (tertiary/aromatic N) is 1. The number of carbonyl (C=O) groups excluding carboxylic acids is 1. The van der Waals surface area contributed by atoms with Crippen LogP contribution in [-0.2, 0) is 24.1 Å². The highest BCUT2D eigenvalue weighted by atomic mass is 35.5. The first kappa shape index (κ1) is 23.8. The molecule has 1 aliphatic heterocycles. The molecule has 0 unspecified atom stereocenters. The summed E-state index contributed by atoms with van der Waals surface area (Å²) in [7, 11) is 0. The number of benzene rings is 3. The lowest BCUT2D eigenvalue weighted by molar-refractivity contribution is -0.137. The highest BCUT2D eigenvalue weighted by Gasteiger charge is 2.35. The van der Waals surface area contributed by atoms with Crippen LogP contribution in [0, 0.1) is 5.82 Å². The van der Waals surface area contributed by atoms with Gasteiger partial charge < -0.3 is 14.7 Å². The predicted octanol–water partition coefficient (Wildman–Crippen LogP) is 5.18. The lowest BCUT2D eigenvalue weighted by Gasteiger charge is -2.24. The van der Waals surface area contributed by atoms with Crippen molar-refractivity contribution in [2.24, 2.45) is 0 Å². The van der Waals surface area contributed by atoms with Crippen molar-refractivity contribution >= 4 is 23.5 Å². The van der Waals surface area contributed by atoms with Gasteiger partial charge in [-0.15, -0.1) is 0 Å². The zero-order valence-corrected chi connectivity index (χ0v) is 19.5. The third kappa shape index (κ3) is 5.57. The maximum atomic E-state index is 13.5. The van der Waals surface area contributed by atoms with E-state index < -0.39 is 17.4 Å². The number of halogens is 2. The second-order valence-corrected chi connectivity index (χ2v) is 9.24. The summed E-state index contributed by atoms with van der Waals surface area (Å²) in [6, 6.07) is 19.5. The van der Waals surface area contributed by atoms with E-state index in [0.717, 1.165) is 16.7 Å². The largest absolute Gasteiger partial charge is 0.487 e. The molecular formula is C27H25ClFNO4. The topological polar surface area (TPSA) is 66.8 Å². The molecule has 176 valence electrons. The minimum absolute atomic E-state index is 0.0681. The molecule has 3 aromatic rings. The van der Waals surface area contributed by atoms with Gasteiger partial charge in [0.1, 0.15) is 23.7 Å². The quantitative estimate of drug-likeness (QED) is 0.481. The van der Waals surface area contributed by atoms with Crippen LogP contribution in [0.25, 0.3) is 0 Å². The van der Waals surface area contributed by atoms with Crippen LogP contribution < -0.4 is 4.74 Å². The summed E-state index contributed by atoms with van der Waals surface area (Å²) in [5, 5.41) is 9.40. The first-order chi connectivity index (χ1) is 16.2. The van der Waals surface area contributed by atoms with Gasteiger partial charge >= 0.3 is 5.97 Å². The van der Waals surface area contributed by atoms with E-state index in [1.165, 1.54) is 11.0 Å². The van der Waals surface area contributed by atoms with E-state index in [-0.39, 0.29) is 17.5 Å². The fraction of sp³-hybridized carbons (Fsp3) is 0.259. The molecule has 5 nitrogen and oxygen atoms in total. The molecule has 3 aromatic carbocycles. The smallest absolute Gasteiger partial charge is 0.323 e. The number of carbonyl (C=O) groups is 2. The van der Waals surface area contributed by atoms with Crippen LogP contribution >= 0.6 is 11.6 Å². The standard InChI is InChI=1S/C27H25ClFNO4/c1-27(15-19-7-9-23(29)22(28)13-19)16-21-14-20(8-10-24(21)34-27)26(33)30(17-25(31)32)12-11-18-5-3-2-4-6-18/h2-10,13-14H,11-12,15-17H2,1H3,(H,31,32)/t27-/m1/s1. The molecular weight excluding hydrogens is 457 g/mol. The monoisotopic (exact) mass is 481 g/mol. The predicted molar refractivity (Wildman–Crippen MR) is 128 cm³/mol. The van der Waals surface area contributed by atoms with Crippen LogP contribution in [0.1, 0.15) is 34.0 Å². The van der Waals surface area contributed by atoms with E-state index in [2.05, 4.69) is 0 Å². The van der Waals surface area contributed by atoms with Gasteiger partial charge in [0, 0.05) is 24.9 Å². The molecule has 1 amide bonds. The molecule has 0 aliphatic carbocycles. The molecule has 0 radical (unpaired) electrons. The fourth-order valence-corrected chi connectivity index (χ4v) is 4.54. The Balaban J connectivity index is 1.49. The van der Waals surface area contributed by atoms with E-state index in [4.69, 9.17) is 16.3 Å². The minimum Gasteiger partial charge on any atom is -0.487 e. The third-order valence-electron chi connectivity index (χ3n) is 5.92. The highest BCUT2D eigenvalue weighted by Crippen LogP contribution is 2.38. The average molecular weight is 482 g/mol. The first-order valence-electron chi connectivity index (χ1n) is 11.0. The van der Waals surface area contributed by atoms with E-state index in [1.807, 2.05) is 37.3 Å².